The fourth-order valence-electron chi connectivity index (χ4n) is 7.23. The summed E-state index contributed by atoms with van der Waals surface area (Å²) in [5, 5.41) is 0. The minimum Gasteiger partial charge on any atom is -0.462 e. The maximum atomic E-state index is 12.8. The molecular weight excluding hydrogens is 769 g/mol. The Labute approximate surface area is 383 Å². The van der Waals surface area contributed by atoms with Gasteiger partial charge in [0.15, 0.2) is 6.10 Å². The molecule has 0 aliphatic carbocycles. The molecule has 0 rings (SSSR count). The molecule has 0 radical (unpaired) electrons. The van der Waals surface area contributed by atoms with E-state index in [2.05, 4.69) is 81.5 Å². The second kappa shape index (κ2) is 50.8. The predicted octanol–water partition coefficient (Wildman–Crippen LogP) is 17.3. The number of allylic oxidation sites excluding steroid dienone is 10. The van der Waals surface area contributed by atoms with E-state index >= 15 is 0 Å². The predicted molar refractivity (Wildman–Crippen MR) is 265 cm³/mol. The molecule has 1 unspecified atom stereocenters. The lowest BCUT2D eigenvalue weighted by atomic mass is 10.1. The highest BCUT2D eigenvalue weighted by Crippen LogP contribution is 2.14. The van der Waals surface area contributed by atoms with Crippen LogP contribution < -0.4 is 0 Å². The summed E-state index contributed by atoms with van der Waals surface area (Å²) < 4.78 is 16.8. The molecule has 0 bridgehead atoms. The molecule has 0 heterocycles. The number of rotatable bonds is 47. The molecule has 0 aromatic rings. The number of hydrogen-bond acceptors (Lipinski definition) is 6. The Morgan fingerprint density at radius 3 is 0.984 bits per heavy atom. The van der Waals surface area contributed by atoms with E-state index in [1.54, 1.807) is 0 Å². The molecule has 0 N–H and O–H groups in total. The lowest BCUT2D eigenvalue weighted by Crippen LogP contribution is -2.30. The molecule has 6 heteroatoms. The van der Waals surface area contributed by atoms with Crippen LogP contribution in [0.3, 0.4) is 0 Å². The molecule has 62 heavy (non-hydrogen) atoms. The first kappa shape index (κ1) is 59.1. The summed E-state index contributed by atoms with van der Waals surface area (Å²) in [4.78, 5) is 37.9. The van der Waals surface area contributed by atoms with Crippen LogP contribution in [0, 0.1) is 0 Å². The monoisotopic (exact) mass is 867 g/mol. The van der Waals surface area contributed by atoms with Gasteiger partial charge in [-0.15, -0.1) is 0 Å². The zero-order valence-corrected chi connectivity index (χ0v) is 40.9. The first-order chi connectivity index (χ1) is 30.5. The Morgan fingerprint density at radius 1 is 0.323 bits per heavy atom. The van der Waals surface area contributed by atoms with E-state index in [1.165, 1.54) is 122 Å². The molecule has 358 valence electrons. The lowest BCUT2D eigenvalue weighted by molar-refractivity contribution is -0.167. The Morgan fingerprint density at radius 2 is 0.597 bits per heavy atom. The molecule has 1 atom stereocenters. The van der Waals surface area contributed by atoms with Gasteiger partial charge in [-0.05, 0) is 89.9 Å². The average Bonchev–Trinajstić information content (AvgIpc) is 3.27. The maximum Gasteiger partial charge on any atom is 0.306 e. The molecule has 0 amide bonds. The summed E-state index contributed by atoms with van der Waals surface area (Å²) >= 11 is 0. The Kier molecular flexibility index (Phi) is 48.4. The van der Waals surface area contributed by atoms with Crippen LogP contribution in [0.25, 0.3) is 0 Å². The fourth-order valence-corrected chi connectivity index (χ4v) is 7.23. The van der Waals surface area contributed by atoms with Crippen molar-refractivity contribution in [1.29, 1.82) is 0 Å². The molecule has 0 spiro atoms. The van der Waals surface area contributed by atoms with E-state index in [4.69, 9.17) is 14.2 Å². The van der Waals surface area contributed by atoms with Crippen molar-refractivity contribution < 1.29 is 28.6 Å². The van der Waals surface area contributed by atoms with Crippen molar-refractivity contribution in [2.75, 3.05) is 13.2 Å². The number of carbonyl (C=O) groups is 3. The van der Waals surface area contributed by atoms with Crippen LogP contribution in [0.15, 0.2) is 60.8 Å². The van der Waals surface area contributed by atoms with Crippen molar-refractivity contribution in [3.8, 4) is 0 Å². The average molecular weight is 867 g/mol. The van der Waals surface area contributed by atoms with Gasteiger partial charge in [0.2, 0.25) is 0 Å². The second-order valence-electron chi connectivity index (χ2n) is 17.5. The number of carbonyl (C=O) groups excluding carboxylic acids is 3. The van der Waals surface area contributed by atoms with Gasteiger partial charge >= 0.3 is 17.9 Å². The van der Waals surface area contributed by atoms with Gasteiger partial charge in [-0.3, -0.25) is 14.4 Å². The second-order valence-corrected chi connectivity index (χ2v) is 17.5. The minimum absolute atomic E-state index is 0.0885. The van der Waals surface area contributed by atoms with Crippen molar-refractivity contribution in [3.63, 3.8) is 0 Å². The first-order valence-corrected chi connectivity index (χ1v) is 26.3. The first-order valence-electron chi connectivity index (χ1n) is 26.3. The van der Waals surface area contributed by atoms with Crippen LogP contribution in [-0.2, 0) is 28.6 Å². The smallest absolute Gasteiger partial charge is 0.306 e. The molecule has 0 aliphatic rings. The Hall–Kier alpha value is -2.89. The third-order valence-corrected chi connectivity index (χ3v) is 11.3. The van der Waals surface area contributed by atoms with Crippen LogP contribution >= 0.6 is 0 Å². The van der Waals surface area contributed by atoms with Crippen molar-refractivity contribution in [2.24, 2.45) is 0 Å². The van der Waals surface area contributed by atoms with Crippen LogP contribution in [-0.4, -0.2) is 37.2 Å². The lowest BCUT2D eigenvalue weighted by Gasteiger charge is -2.18. The molecule has 0 aromatic carbocycles. The van der Waals surface area contributed by atoms with Crippen molar-refractivity contribution in [1.82, 2.24) is 0 Å². The summed E-state index contributed by atoms with van der Waals surface area (Å²) in [6, 6.07) is 0. The van der Waals surface area contributed by atoms with Crippen molar-refractivity contribution >= 4 is 17.9 Å². The van der Waals surface area contributed by atoms with Gasteiger partial charge in [0.1, 0.15) is 13.2 Å². The summed E-state index contributed by atoms with van der Waals surface area (Å²) in [6.45, 7) is 6.54. The number of esters is 3. The van der Waals surface area contributed by atoms with E-state index in [-0.39, 0.29) is 31.1 Å². The van der Waals surface area contributed by atoms with Gasteiger partial charge in [0, 0.05) is 19.3 Å². The number of ether oxygens (including phenoxy) is 3. The molecule has 0 aliphatic heterocycles. The number of hydrogen-bond donors (Lipinski definition) is 0. The normalized spacial score (nSPS) is 12.5. The van der Waals surface area contributed by atoms with E-state index in [9.17, 15) is 14.4 Å². The van der Waals surface area contributed by atoms with Crippen LogP contribution in [0.5, 0.6) is 0 Å². The van der Waals surface area contributed by atoms with Crippen molar-refractivity contribution in [2.45, 2.75) is 264 Å². The van der Waals surface area contributed by atoms with Gasteiger partial charge in [-0.25, -0.2) is 0 Å². The standard InChI is InChI=1S/C56H98O6/c1-4-7-10-13-16-19-22-24-26-27-28-30-31-34-37-40-43-46-49-55(58)61-52-53(51-60-54(57)48-45-42-39-36-33-21-18-15-12-9-6-3)62-56(59)50-47-44-41-38-35-32-29-25-23-20-17-14-11-8-5-2/h15,17-18,20,23,25-28,30,53H,4-14,16,19,21-22,24,29,31-52H2,1-3H3/b18-15-,20-17-,25-23-,27-26-,30-28-. The van der Waals surface area contributed by atoms with Gasteiger partial charge in [-0.1, -0.05) is 210 Å². The fraction of sp³-hybridized carbons (Fsp3) is 0.768. The van der Waals surface area contributed by atoms with E-state index in [1.807, 2.05) is 0 Å². The van der Waals surface area contributed by atoms with Crippen LogP contribution in [0.2, 0.25) is 0 Å². The van der Waals surface area contributed by atoms with Crippen molar-refractivity contribution in [3.05, 3.63) is 60.8 Å². The summed E-state index contributed by atoms with van der Waals surface area (Å²) in [5.74, 6) is -0.921. The van der Waals surface area contributed by atoms with Crippen LogP contribution in [0.1, 0.15) is 258 Å². The molecule has 6 nitrogen and oxygen atoms in total. The topological polar surface area (TPSA) is 78.9 Å². The highest BCUT2D eigenvalue weighted by atomic mass is 16.6. The van der Waals surface area contributed by atoms with Gasteiger partial charge in [-0.2, -0.15) is 0 Å². The zero-order valence-electron chi connectivity index (χ0n) is 40.9. The quantitative estimate of drug-likeness (QED) is 0.0199. The molecule has 0 saturated carbocycles. The summed E-state index contributed by atoms with van der Waals surface area (Å²) in [7, 11) is 0. The van der Waals surface area contributed by atoms with Gasteiger partial charge in [0.25, 0.3) is 0 Å². The van der Waals surface area contributed by atoms with E-state index < -0.39 is 6.10 Å². The summed E-state index contributed by atoms with van der Waals surface area (Å²) in [5.41, 5.74) is 0. The Bertz CT molecular complexity index is 1130. The maximum absolute atomic E-state index is 12.8. The van der Waals surface area contributed by atoms with E-state index in [0.717, 1.165) is 96.3 Å². The highest BCUT2D eigenvalue weighted by Gasteiger charge is 2.19. The molecular formula is C56H98O6. The molecule has 0 saturated heterocycles. The largest absolute Gasteiger partial charge is 0.462 e. The SMILES string of the molecule is CCCC/C=C\CCCCCCCC(=O)OCC(COC(=O)CCCCCCC/C=C\C=C/CCCCCCCCC)OC(=O)CCCCCCCC/C=C\C=C/CCCCC. The third kappa shape index (κ3) is 48.1. The van der Waals surface area contributed by atoms with E-state index in [0.29, 0.717) is 19.3 Å². The van der Waals surface area contributed by atoms with Gasteiger partial charge < -0.3 is 14.2 Å². The Balaban J connectivity index is 4.40. The third-order valence-electron chi connectivity index (χ3n) is 11.3. The van der Waals surface area contributed by atoms with Gasteiger partial charge in [0.05, 0.1) is 0 Å². The van der Waals surface area contributed by atoms with Crippen LogP contribution in [0.4, 0.5) is 0 Å². The number of unbranched alkanes of at least 4 members (excludes halogenated alkanes) is 28. The molecule has 0 fully saturated rings. The highest BCUT2D eigenvalue weighted by molar-refractivity contribution is 5.71. The molecule has 0 aromatic heterocycles. The minimum atomic E-state index is -0.789. The summed E-state index contributed by atoms with van der Waals surface area (Å²) in [6.07, 6.45) is 62.0. The zero-order chi connectivity index (χ0) is 45.1.